The lowest BCUT2D eigenvalue weighted by Crippen LogP contribution is -2.30. The van der Waals surface area contributed by atoms with Crippen LogP contribution in [-0.4, -0.2) is 17.9 Å². The molecule has 2 N–H and O–H groups in total. The van der Waals surface area contributed by atoms with E-state index in [2.05, 4.69) is 10.6 Å². The van der Waals surface area contributed by atoms with Crippen molar-refractivity contribution in [3.05, 3.63) is 53.6 Å². The van der Waals surface area contributed by atoms with Crippen molar-refractivity contribution in [2.24, 2.45) is 5.41 Å². The van der Waals surface area contributed by atoms with Crippen LogP contribution >= 0.6 is 11.6 Å². The lowest BCUT2D eigenvalue weighted by Gasteiger charge is -2.18. The van der Waals surface area contributed by atoms with Gasteiger partial charge in [-0.3, -0.25) is 9.59 Å². The van der Waals surface area contributed by atoms with Crippen LogP contribution in [0.2, 0.25) is 5.02 Å². The number of benzene rings is 2. The molecule has 2 amide bonds. The number of rotatable bonds is 5. The molecule has 138 valence electrons. The standard InChI is InChI=1S/C20H23ClN2O3/c1-13(26-17-10-8-14(21)9-11-17)18(24)22-15-6-5-7-16(12-15)23-19(25)20(2,3)4/h5-13H,1-4H3,(H,22,24)(H,23,25). The van der Waals surface area contributed by atoms with Crippen LogP contribution in [0.4, 0.5) is 11.4 Å². The first kappa shape index (κ1) is 19.8. The van der Waals surface area contributed by atoms with Crippen LogP contribution in [0.5, 0.6) is 5.75 Å². The molecule has 1 atom stereocenters. The third kappa shape index (κ3) is 5.77. The molecule has 5 nitrogen and oxygen atoms in total. The summed E-state index contributed by atoms with van der Waals surface area (Å²) in [7, 11) is 0. The highest BCUT2D eigenvalue weighted by Crippen LogP contribution is 2.21. The molecule has 0 aliphatic rings. The number of anilines is 2. The Balaban J connectivity index is 1.99. The molecule has 1 unspecified atom stereocenters. The summed E-state index contributed by atoms with van der Waals surface area (Å²) in [4.78, 5) is 24.4. The number of carbonyl (C=O) groups excluding carboxylic acids is 2. The Morgan fingerprint density at radius 3 is 2.15 bits per heavy atom. The highest BCUT2D eigenvalue weighted by molar-refractivity contribution is 6.30. The molecule has 0 saturated carbocycles. The number of ether oxygens (including phenoxy) is 1. The summed E-state index contributed by atoms with van der Waals surface area (Å²) in [5.41, 5.74) is 0.697. The first-order valence-corrected chi connectivity index (χ1v) is 8.67. The number of amides is 2. The van der Waals surface area contributed by atoms with Gasteiger partial charge in [-0.05, 0) is 49.4 Å². The van der Waals surface area contributed by atoms with Gasteiger partial charge < -0.3 is 15.4 Å². The zero-order valence-corrected chi connectivity index (χ0v) is 16.1. The second-order valence-corrected chi connectivity index (χ2v) is 7.42. The van der Waals surface area contributed by atoms with E-state index in [1.54, 1.807) is 55.5 Å². The van der Waals surface area contributed by atoms with Gasteiger partial charge in [0, 0.05) is 21.8 Å². The van der Waals surface area contributed by atoms with Gasteiger partial charge in [-0.25, -0.2) is 0 Å². The van der Waals surface area contributed by atoms with Crippen molar-refractivity contribution in [3.63, 3.8) is 0 Å². The number of halogens is 1. The fourth-order valence-electron chi connectivity index (χ4n) is 2.01. The van der Waals surface area contributed by atoms with Gasteiger partial charge in [0.1, 0.15) is 5.75 Å². The van der Waals surface area contributed by atoms with Crippen molar-refractivity contribution in [2.45, 2.75) is 33.8 Å². The summed E-state index contributed by atoms with van der Waals surface area (Å²) in [6.07, 6.45) is -0.691. The topological polar surface area (TPSA) is 67.4 Å². The van der Waals surface area contributed by atoms with Gasteiger partial charge in [-0.2, -0.15) is 0 Å². The molecule has 2 aromatic carbocycles. The zero-order valence-electron chi connectivity index (χ0n) is 15.3. The number of nitrogens with one attached hydrogen (secondary N) is 2. The second-order valence-electron chi connectivity index (χ2n) is 6.99. The molecule has 0 spiro atoms. The lowest BCUT2D eigenvalue weighted by atomic mass is 9.95. The Labute approximate surface area is 158 Å². The van der Waals surface area contributed by atoms with Crippen LogP contribution in [0.25, 0.3) is 0 Å². The Morgan fingerprint density at radius 2 is 1.58 bits per heavy atom. The zero-order chi connectivity index (χ0) is 19.3. The van der Waals surface area contributed by atoms with E-state index in [1.807, 2.05) is 20.8 Å². The van der Waals surface area contributed by atoms with Crippen molar-refractivity contribution in [3.8, 4) is 5.75 Å². The summed E-state index contributed by atoms with van der Waals surface area (Å²) in [6.45, 7) is 7.17. The minimum atomic E-state index is -0.691. The van der Waals surface area contributed by atoms with E-state index in [-0.39, 0.29) is 11.8 Å². The van der Waals surface area contributed by atoms with Crippen LogP contribution in [0.3, 0.4) is 0 Å². The Bertz CT molecular complexity index is 782. The van der Waals surface area contributed by atoms with Crippen molar-refractivity contribution < 1.29 is 14.3 Å². The minimum Gasteiger partial charge on any atom is -0.481 e. The van der Waals surface area contributed by atoms with Gasteiger partial charge in [0.15, 0.2) is 6.10 Å². The average molecular weight is 375 g/mol. The fraction of sp³-hybridized carbons (Fsp3) is 0.300. The van der Waals surface area contributed by atoms with E-state index in [0.717, 1.165) is 0 Å². The second kappa shape index (κ2) is 8.23. The van der Waals surface area contributed by atoms with Gasteiger partial charge >= 0.3 is 0 Å². The molecule has 0 saturated heterocycles. The molecule has 0 fully saturated rings. The molecule has 2 rings (SSSR count). The molecular weight excluding hydrogens is 352 g/mol. The van der Waals surface area contributed by atoms with Crippen molar-refractivity contribution in [1.29, 1.82) is 0 Å². The maximum absolute atomic E-state index is 12.3. The van der Waals surface area contributed by atoms with Crippen LogP contribution in [-0.2, 0) is 9.59 Å². The quantitative estimate of drug-likeness (QED) is 0.794. The molecule has 0 radical (unpaired) electrons. The van der Waals surface area contributed by atoms with E-state index in [4.69, 9.17) is 16.3 Å². The number of hydrogen-bond donors (Lipinski definition) is 2. The Morgan fingerprint density at radius 1 is 1.00 bits per heavy atom. The largest absolute Gasteiger partial charge is 0.481 e. The van der Waals surface area contributed by atoms with Crippen molar-refractivity contribution in [1.82, 2.24) is 0 Å². The van der Waals surface area contributed by atoms with E-state index in [9.17, 15) is 9.59 Å². The van der Waals surface area contributed by atoms with E-state index < -0.39 is 11.5 Å². The maximum atomic E-state index is 12.3. The van der Waals surface area contributed by atoms with Crippen LogP contribution in [0.1, 0.15) is 27.7 Å². The van der Waals surface area contributed by atoms with E-state index in [1.165, 1.54) is 0 Å². The van der Waals surface area contributed by atoms with Gasteiger partial charge in [-0.15, -0.1) is 0 Å². The maximum Gasteiger partial charge on any atom is 0.265 e. The van der Waals surface area contributed by atoms with Gasteiger partial charge in [-0.1, -0.05) is 38.4 Å². The van der Waals surface area contributed by atoms with Gasteiger partial charge in [0.25, 0.3) is 5.91 Å². The molecule has 0 aliphatic carbocycles. The molecule has 0 bridgehead atoms. The Kier molecular flexibility index (Phi) is 6.27. The van der Waals surface area contributed by atoms with E-state index >= 15 is 0 Å². The molecule has 6 heteroatoms. The highest BCUT2D eigenvalue weighted by atomic mass is 35.5. The third-order valence-electron chi connectivity index (χ3n) is 3.56. The molecule has 0 heterocycles. The first-order chi connectivity index (χ1) is 12.1. The minimum absolute atomic E-state index is 0.0968. The summed E-state index contributed by atoms with van der Waals surface area (Å²) in [5, 5.41) is 6.22. The monoisotopic (exact) mass is 374 g/mol. The smallest absolute Gasteiger partial charge is 0.265 e. The summed E-state index contributed by atoms with van der Waals surface area (Å²) in [6, 6.07) is 13.8. The van der Waals surface area contributed by atoms with Crippen molar-refractivity contribution >= 4 is 34.8 Å². The van der Waals surface area contributed by atoms with Crippen LogP contribution in [0, 0.1) is 5.41 Å². The van der Waals surface area contributed by atoms with Crippen molar-refractivity contribution in [2.75, 3.05) is 10.6 Å². The summed E-state index contributed by atoms with van der Waals surface area (Å²) >= 11 is 5.83. The van der Waals surface area contributed by atoms with Gasteiger partial charge in [0.05, 0.1) is 0 Å². The van der Waals surface area contributed by atoms with Gasteiger partial charge in [0.2, 0.25) is 5.91 Å². The van der Waals surface area contributed by atoms with Crippen LogP contribution < -0.4 is 15.4 Å². The molecule has 2 aromatic rings. The Hall–Kier alpha value is -2.53. The number of carbonyl (C=O) groups is 2. The third-order valence-corrected chi connectivity index (χ3v) is 3.82. The summed E-state index contributed by atoms with van der Waals surface area (Å²) < 4.78 is 5.60. The SMILES string of the molecule is CC(Oc1ccc(Cl)cc1)C(=O)Nc1cccc(NC(=O)C(C)(C)C)c1. The number of hydrogen-bond acceptors (Lipinski definition) is 3. The molecule has 26 heavy (non-hydrogen) atoms. The molecule has 0 aromatic heterocycles. The summed E-state index contributed by atoms with van der Waals surface area (Å²) in [5.74, 6) is 0.169. The highest BCUT2D eigenvalue weighted by Gasteiger charge is 2.21. The average Bonchev–Trinajstić information content (AvgIpc) is 2.56. The molecular formula is C20H23ClN2O3. The molecule has 0 aliphatic heterocycles. The lowest BCUT2D eigenvalue weighted by molar-refractivity contribution is -0.123. The predicted molar refractivity (Wildman–Crippen MR) is 105 cm³/mol. The fourth-order valence-corrected chi connectivity index (χ4v) is 2.13. The van der Waals surface area contributed by atoms with Crippen LogP contribution in [0.15, 0.2) is 48.5 Å². The predicted octanol–water partition coefficient (Wildman–Crippen LogP) is 4.73. The van der Waals surface area contributed by atoms with E-state index in [0.29, 0.717) is 22.1 Å². The first-order valence-electron chi connectivity index (χ1n) is 8.30. The normalized spacial score (nSPS) is 12.2.